The molecule has 0 spiro atoms. The highest BCUT2D eigenvalue weighted by atomic mass is 19.1. The maximum atomic E-state index is 13.1. The van der Waals surface area contributed by atoms with Crippen molar-refractivity contribution < 1.29 is 18.7 Å². The second kappa shape index (κ2) is 6.58. The first-order valence-electron chi connectivity index (χ1n) is 7.18. The van der Waals surface area contributed by atoms with E-state index in [0.717, 1.165) is 5.69 Å². The third-order valence-electron chi connectivity index (χ3n) is 3.51. The first-order chi connectivity index (χ1) is 11.1. The number of rotatable bonds is 3. The van der Waals surface area contributed by atoms with Gasteiger partial charge in [-0.05, 0) is 42.5 Å². The maximum absolute atomic E-state index is 13.1. The van der Waals surface area contributed by atoms with E-state index < -0.39 is 5.82 Å². The molecule has 1 aliphatic rings. The monoisotopic (exact) mass is 314 g/mol. The second-order valence-corrected chi connectivity index (χ2v) is 5.11. The molecule has 1 saturated heterocycles. The number of hydrogen-bond donors (Lipinski definition) is 1. The summed E-state index contributed by atoms with van der Waals surface area (Å²) in [6.07, 6.45) is 0. The summed E-state index contributed by atoms with van der Waals surface area (Å²) in [5.74, 6) is -0.939. The fraction of sp³-hybridized carbons (Fsp3) is 0.176. The highest BCUT2D eigenvalue weighted by molar-refractivity contribution is 6.04. The Morgan fingerprint density at radius 2 is 1.96 bits per heavy atom. The quantitative estimate of drug-likeness (QED) is 0.946. The summed E-state index contributed by atoms with van der Waals surface area (Å²) in [6, 6.07) is 12.4. The minimum atomic E-state index is -0.459. The van der Waals surface area contributed by atoms with Gasteiger partial charge in [-0.15, -0.1) is 0 Å². The molecule has 1 N–H and O–H groups in total. The normalized spacial score (nSPS) is 14.7. The van der Waals surface area contributed by atoms with E-state index >= 15 is 0 Å². The number of hydrogen-bond acceptors (Lipinski definition) is 3. The van der Waals surface area contributed by atoms with Gasteiger partial charge < -0.3 is 15.0 Å². The van der Waals surface area contributed by atoms with Crippen LogP contribution in [0.2, 0.25) is 0 Å². The molecule has 1 fully saturated rings. The van der Waals surface area contributed by atoms with E-state index in [-0.39, 0.29) is 24.0 Å². The Balaban J connectivity index is 1.70. The van der Waals surface area contributed by atoms with Crippen LogP contribution in [0.1, 0.15) is 10.4 Å². The van der Waals surface area contributed by atoms with Crippen molar-refractivity contribution in [3.63, 3.8) is 0 Å². The Morgan fingerprint density at radius 1 is 1.17 bits per heavy atom. The zero-order valence-corrected chi connectivity index (χ0v) is 12.3. The van der Waals surface area contributed by atoms with E-state index in [4.69, 9.17) is 4.74 Å². The number of halogens is 1. The van der Waals surface area contributed by atoms with E-state index in [0.29, 0.717) is 18.8 Å². The fourth-order valence-corrected chi connectivity index (χ4v) is 2.35. The standard InChI is InChI=1S/C17H15FN2O3/c18-13-3-1-2-12(10-13)17(22)19-14-4-6-15(7-5-14)20-8-9-23-11-16(20)21/h1-7,10H,8-9,11H2,(H,19,22). The molecule has 5 nitrogen and oxygen atoms in total. The molecular formula is C17H15FN2O3. The van der Waals surface area contributed by atoms with E-state index in [9.17, 15) is 14.0 Å². The summed E-state index contributed by atoms with van der Waals surface area (Å²) in [5, 5.41) is 2.69. The Labute approximate surface area is 132 Å². The molecule has 1 heterocycles. The maximum Gasteiger partial charge on any atom is 0.255 e. The van der Waals surface area contributed by atoms with Crippen LogP contribution in [0.3, 0.4) is 0 Å². The van der Waals surface area contributed by atoms with Crippen LogP contribution in [0.4, 0.5) is 15.8 Å². The van der Waals surface area contributed by atoms with Crippen molar-refractivity contribution in [2.24, 2.45) is 0 Å². The molecule has 2 aromatic carbocycles. The van der Waals surface area contributed by atoms with E-state index in [2.05, 4.69) is 5.32 Å². The van der Waals surface area contributed by atoms with Crippen molar-refractivity contribution in [2.75, 3.05) is 30.0 Å². The van der Waals surface area contributed by atoms with E-state index in [1.54, 1.807) is 35.2 Å². The van der Waals surface area contributed by atoms with Crippen LogP contribution in [0.25, 0.3) is 0 Å². The van der Waals surface area contributed by atoms with Gasteiger partial charge in [-0.2, -0.15) is 0 Å². The van der Waals surface area contributed by atoms with Crippen molar-refractivity contribution in [1.29, 1.82) is 0 Å². The number of anilines is 2. The lowest BCUT2D eigenvalue weighted by Gasteiger charge is -2.26. The highest BCUT2D eigenvalue weighted by Crippen LogP contribution is 2.20. The lowest BCUT2D eigenvalue weighted by molar-refractivity contribution is -0.125. The molecule has 1 aliphatic heterocycles. The van der Waals surface area contributed by atoms with Crippen molar-refractivity contribution >= 4 is 23.2 Å². The van der Waals surface area contributed by atoms with Gasteiger partial charge in [-0.25, -0.2) is 4.39 Å². The van der Waals surface area contributed by atoms with Crippen LogP contribution in [-0.2, 0) is 9.53 Å². The SMILES string of the molecule is O=C(Nc1ccc(N2CCOCC2=O)cc1)c1cccc(F)c1. The molecule has 0 saturated carbocycles. The Kier molecular flexibility index (Phi) is 4.34. The summed E-state index contributed by atoms with van der Waals surface area (Å²) in [6.45, 7) is 1.09. The second-order valence-electron chi connectivity index (χ2n) is 5.11. The molecule has 0 bridgehead atoms. The summed E-state index contributed by atoms with van der Waals surface area (Å²) in [7, 11) is 0. The summed E-state index contributed by atoms with van der Waals surface area (Å²) < 4.78 is 18.2. The molecule has 0 aliphatic carbocycles. The van der Waals surface area contributed by atoms with Crippen LogP contribution >= 0.6 is 0 Å². The molecule has 0 unspecified atom stereocenters. The van der Waals surface area contributed by atoms with Gasteiger partial charge in [0.25, 0.3) is 11.8 Å². The van der Waals surface area contributed by atoms with Crippen molar-refractivity contribution in [1.82, 2.24) is 0 Å². The van der Waals surface area contributed by atoms with Gasteiger partial charge in [0, 0.05) is 23.5 Å². The lowest BCUT2D eigenvalue weighted by atomic mass is 10.2. The van der Waals surface area contributed by atoms with Crippen LogP contribution in [0.15, 0.2) is 48.5 Å². The molecule has 2 amide bonds. The lowest BCUT2D eigenvalue weighted by Crippen LogP contribution is -2.41. The molecule has 6 heteroatoms. The number of nitrogens with zero attached hydrogens (tertiary/aromatic N) is 1. The van der Waals surface area contributed by atoms with Crippen LogP contribution in [-0.4, -0.2) is 31.6 Å². The molecule has 2 aromatic rings. The van der Waals surface area contributed by atoms with E-state index in [1.165, 1.54) is 18.2 Å². The minimum Gasteiger partial charge on any atom is -0.370 e. The van der Waals surface area contributed by atoms with Gasteiger partial charge in [-0.1, -0.05) is 6.07 Å². The van der Waals surface area contributed by atoms with Crippen LogP contribution in [0, 0.1) is 5.82 Å². The number of ether oxygens (including phenoxy) is 1. The molecule has 0 radical (unpaired) electrons. The van der Waals surface area contributed by atoms with Crippen LogP contribution < -0.4 is 10.2 Å². The number of carbonyl (C=O) groups excluding carboxylic acids is 2. The number of morpholine rings is 1. The summed E-state index contributed by atoms with van der Waals surface area (Å²) >= 11 is 0. The zero-order valence-electron chi connectivity index (χ0n) is 12.3. The summed E-state index contributed by atoms with van der Waals surface area (Å²) in [5.41, 5.74) is 1.57. The largest absolute Gasteiger partial charge is 0.370 e. The van der Waals surface area contributed by atoms with Gasteiger partial charge >= 0.3 is 0 Å². The third kappa shape index (κ3) is 3.54. The smallest absolute Gasteiger partial charge is 0.255 e. The predicted molar refractivity (Wildman–Crippen MR) is 84.0 cm³/mol. The molecule has 23 heavy (non-hydrogen) atoms. The number of benzene rings is 2. The van der Waals surface area contributed by atoms with Gasteiger partial charge in [0.15, 0.2) is 0 Å². The van der Waals surface area contributed by atoms with Crippen molar-refractivity contribution in [2.45, 2.75) is 0 Å². The van der Waals surface area contributed by atoms with Crippen molar-refractivity contribution in [3.05, 3.63) is 59.9 Å². The van der Waals surface area contributed by atoms with Gasteiger partial charge in [0.2, 0.25) is 0 Å². The first-order valence-corrected chi connectivity index (χ1v) is 7.18. The Hall–Kier alpha value is -2.73. The third-order valence-corrected chi connectivity index (χ3v) is 3.51. The minimum absolute atomic E-state index is 0.0814. The average molecular weight is 314 g/mol. The van der Waals surface area contributed by atoms with Crippen molar-refractivity contribution in [3.8, 4) is 0 Å². The van der Waals surface area contributed by atoms with Gasteiger partial charge in [-0.3, -0.25) is 9.59 Å². The topological polar surface area (TPSA) is 58.6 Å². The molecule has 0 aromatic heterocycles. The van der Waals surface area contributed by atoms with Gasteiger partial charge in [0.1, 0.15) is 12.4 Å². The number of nitrogens with one attached hydrogen (secondary N) is 1. The van der Waals surface area contributed by atoms with E-state index in [1.807, 2.05) is 0 Å². The predicted octanol–water partition coefficient (Wildman–Crippen LogP) is 2.44. The molecule has 0 atom stereocenters. The molecule has 3 rings (SSSR count). The zero-order chi connectivity index (χ0) is 16.2. The average Bonchev–Trinajstić information content (AvgIpc) is 2.56. The Morgan fingerprint density at radius 3 is 2.65 bits per heavy atom. The highest BCUT2D eigenvalue weighted by Gasteiger charge is 2.20. The fourth-order valence-electron chi connectivity index (χ4n) is 2.35. The molecule has 118 valence electrons. The Bertz CT molecular complexity index is 731. The number of carbonyl (C=O) groups is 2. The number of amides is 2. The first kappa shape index (κ1) is 15.2. The summed E-state index contributed by atoms with van der Waals surface area (Å²) in [4.78, 5) is 25.5. The van der Waals surface area contributed by atoms with Crippen LogP contribution in [0.5, 0.6) is 0 Å². The molecular weight excluding hydrogens is 299 g/mol. The van der Waals surface area contributed by atoms with Gasteiger partial charge in [0.05, 0.1) is 6.61 Å².